The molecule has 1 aromatic heterocycles. The van der Waals surface area contributed by atoms with Crippen LogP contribution in [0.4, 0.5) is 5.69 Å². The van der Waals surface area contributed by atoms with Crippen LogP contribution in [0.2, 0.25) is 0 Å². The van der Waals surface area contributed by atoms with Gasteiger partial charge in [0.05, 0.1) is 6.54 Å². The quantitative estimate of drug-likeness (QED) is 0.850. The Labute approximate surface area is 120 Å². The van der Waals surface area contributed by atoms with Gasteiger partial charge in [0.2, 0.25) is 0 Å². The van der Waals surface area contributed by atoms with Crippen LogP contribution in [-0.4, -0.2) is 24.2 Å². The number of pyridine rings is 1. The summed E-state index contributed by atoms with van der Waals surface area (Å²) in [4.78, 5) is 6.42. The van der Waals surface area contributed by atoms with Crippen molar-refractivity contribution >= 4 is 5.69 Å². The van der Waals surface area contributed by atoms with Crippen LogP contribution in [-0.2, 0) is 6.42 Å². The Morgan fingerprint density at radius 1 is 1.15 bits per heavy atom. The number of benzene rings is 1. The highest BCUT2D eigenvalue weighted by atomic mass is 16.5. The van der Waals surface area contributed by atoms with E-state index >= 15 is 0 Å². The lowest BCUT2D eigenvalue weighted by atomic mass is 10.2. The van der Waals surface area contributed by atoms with Crippen molar-refractivity contribution in [2.45, 2.75) is 25.9 Å². The Bertz CT molecular complexity index is 539. The van der Waals surface area contributed by atoms with Crippen LogP contribution in [0.1, 0.15) is 18.9 Å². The summed E-state index contributed by atoms with van der Waals surface area (Å²) in [5.74, 6) is 0.976. The van der Waals surface area contributed by atoms with Crippen LogP contribution in [0.25, 0.3) is 0 Å². The Morgan fingerprint density at radius 2 is 1.90 bits per heavy atom. The average molecular weight is 268 g/mol. The zero-order valence-corrected chi connectivity index (χ0v) is 11.8. The molecule has 3 nitrogen and oxygen atoms in total. The van der Waals surface area contributed by atoms with E-state index in [-0.39, 0.29) is 6.10 Å². The Morgan fingerprint density at radius 3 is 2.60 bits per heavy atom. The molecular weight excluding hydrogens is 248 g/mol. The molecule has 2 heterocycles. The maximum atomic E-state index is 6.07. The molecule has 0 unspecified atom stereocenters. The topological polar surface area (TPSA) is 25.4 Å². The van der Waals surface area contributed by atoms with Crippen molar-refractivity contribution in [1.82, 2.24) is 4.98 Å². The third-order valence-electron chi connectivity index (χ3n) is 3.81. The molecule has 0 radical (unpaired) electrons. The molecule has 1 aromatic carbocycles. The minimum Gasteiger partial charge on any atom is -0.489 e. The average Bonchev–Trinajstić information content (AvgIpc) is 2.97. The minimum absolute atomic E-state index is 0.274. The van der Waals surface area contributed by atoms with Crippen molar-refractivity contribution in [3.05, 3.63) is 54.4 Å². The van der Waals surface area contributed by atoms with Gasteiger partial charge in [-0.1, -0.05) is 19.1 Å². The molecule has 1 aliphatic heterocycles. The molecule has 20 heavy (non-hydrogen) atoms. The number of aryl methyl sites for hydroxylation is 1. The molecule has 2 aromatic rings. The first-order valence-electron chi connectivity index (χ1n) is 7.25. The summed E-state index contributed by atoms with van der Waals surface area (Å²) in [5.41, 5.74) is 2.58. The van der Waals surface area contributed by atoms with Gasteiger partial charge in [-0.2, -0.15) is 0 Å². The summed E-state index contributed by atoms with van der Waals surface area (Å²) in [7, 11) is 0. The van der Waals surface area contributed by atoms with E-state index in [4.69, 9.17) is 4.74 Å². The fourth-order valence-electron chi connectivity index (χ4n) is 2.61. The lowest BCUT2D eigenvalue weighted by molar-refractivity contribution is 0.225. The maximum absolute atomic E-state index is 6.07. The molecule has 0 amide bonds. The van der Waals surface area contributed by atoms with Crippen LogP contribution < -0.4 is 9.64 Å². The third-order valence-corrected chi connectivity index (χ3v) is 3.81. The van der Waals surface area contributed by atoms with Gasteiger partial charge in [-0.05, 0) is 36.2 Å². The summed E-state index contributed by atoms with van der Waals surface area (Å²) in [5, 5.41) is 0. The number of hydrogen-bond donors (Lipinski definition) is 0. The lowest BCUT2D eigenvalue weighted by Gasteiger charge is -2.18. The molecule has 0 spiro atoms. The molecule has 0 N–H and O–H groups in total. The second-order valence-corrected chi connectivity index (χ2v) is 5.18. The third kappa shape index (κ3) is 2.93. The number of rotatable bonds is 4. The standard InChI is InChI=1S/C17H20N2O/c1-2-14-3-5-16(6-4-14)20-17-9-12-19(13-17)15-7-10-18-11-8-15/h3-8,10-11,17H,2,9,12-13H2,1H3/t17-/m1/s1. The molecule has 1 saturated heterocycles. The molecule has 0 saturated carbocycles. The van der Waals surface area contributed by atoms with Gasteiger partial charge in [-0.3, -0.25) is 4.98 Å². The second kappa shape index (κ2) is 5.95. The van der Waals surface area contributed by atoms with Crippen LogP contribution >= 0.6 is 0 Å². The van der Waals surface area contributed by atoms with Gasteiger partial charge in [0, 0.05) is 31.0 Å². The molecule has 3 rings (SSSR count). The Kier molecular flexibility index (Phi) is 3.86. The van der Waals surface area contributed by atoms with Gasteiger partial charge in [0.25, 0.3) is 0 Å². The van der Waals surface area contributed by atoms with Crippen LogP contribution in [0.15, 0.2) is 48.8 Å². The van der Waals surface area contributed by atoms with E-state index in [0.29, 0.717) is 0 Å². The number of hydrogen-bond acceptors (Lipinski definition) is 3. The van der Waals surface area contributed by atoms with Crippen LogP contribution in [0, 0.1) is 0 Å². The highest BCUT2D eigenvalue weighted by Gasteiger charge is 2.24. The smallest absolute Gasteiger partial charge is 0.119 e. The van der Waals surface area contributed by atoms with Crippen molar-refractivity contribution in [3.63, 3.8) is 0 Å². The van der Waals surface area contributed by atoms with Crippen molar-refractivity contribution in [3.8, 4) is 5.75 Å². The predicted molar refractivity (Wildman–Crippen MR) is 81.3 cm³/mol. The van der Waals surface area contributed by atoms with Crippen molar-refractivity contribution < 1.29 is 4.74 Å². The largest absolute Gasteiger partial charge is 0.489 e. The first kappa shape index (κ1) is 13.0. The number of ether oxygens (including phenoxy) is 1. The molecule has 0 bridgehead atoms. The van der Waals surface area contributed by atoms with Gasteiger partial charge in [-0.25, -0.2) is 0 Å². The van der Waals surface area contributed by atoms with E-state index in [9.17, 15) is 0 Å². The van der Waals surface area contributed by atoms with E-state index in [1.165, 1.54) is 11.3 Å². The minimum atomic E-state index is 0.274. The Hall–Kier alpha value is -2.03. The number of anilines is 1. The zero-order valence-electron chi connectivity index (χ0n) is 11.8. The van der Waals surface area contributed by atoms with E-state index < -0.39 is 0 Å². The second-order valence-electron chi connectivity index (χ2n) is 5.18. The summed E-state index contributed by atoms with van der Waals surface area (Å²) >= 11 is 0. The fraction of sp³-hybridized carbons (Fsp3) is 0.353. The van der Waals surface area contributed by atoms with Gasteiger partial charge in [0.15, 0.2) is 0 Å². The zero-order chi connectivity index (χ0) is 13.8. The first-order chi connectivity index (χ1) is 9.85. The van der Waals surface area contributed by atoms with Gasteiger partial charge in [0.1, 0.15) is 11.9 Å². The summed E-state index contributed by atoms with van der Waals surface area (Å²) in [6.07, 6.45) is 6.09. The van der Waals surface area contributed by atoms with E-state index in [1.807, 2.05) is 12.4 Å². The van der Waals surface area contributed by atoms with E-state index in [1.54, 1.807) is 0 Å². The van der Waals surface area contributed by atoms with Crippen LogP contribution in [0.3, 0.4) is 0 Å². The molecule has 0 aliphatic carbocycles. The summed E-state index contributed by atoms with van der Waals surface area (Å²) in [6.45, 7) is 4.15. The van der Waals surface area contributed by atoms with E-state index in [2.05, 4.69) is 53.2 Å². The van der Waals surface area contributed by atoms with Crippen LogP contribution in [0.5, 0.6) is 5.75 Å². The number of aromatic nitrogens is 1. The van der Waals surface area contributed by atoms with Crippen molar-refractivity contribution in [2.24, 2.45) is 0 Å². The predicted octanol–water partition coefficient (Wildman–Crippen LogP) is 3.30. The lowest BCUT2D eigenvalue weighted by Crippen LogP contribution is -2.24. The van der Waals surface area contributed by atoms with Crippen molar-refractivity contribution in [1.29, 1.82) is 0 Å². The highest BCUT2D eigenvalue weighted by Crippen LogP contribution is 2.23. The molecule has 3 heteroatoms. The molecule has 104 valence electrons. The molecular formula is C17H20N2O. The van der Waals surface area contributed by atoms with Gasteiger partial charge < -0.3 is 9.64 Å². The molecule has 1 aliphatic rings. The Balaban J connectivity index is 1.60. The van der Waals surface area contributed by atoms with Gasteiger partial charge >= 0.3 is 0 Å². The summed E-state index contributed by atoms with van der Waals surface area (Å²) in [6, 6.07) is 12.6. The van der Waals surface area contributed by atoms with E-state index in [0.717, 1.165) is 31.7 Å². The molecule has 1 atom stereocenters. The highest BCUT2D eigenvalue weighted by molar-refractivity contribution is 5.45. The van der Waals surface area contributed by atoms with Gasteiger partial charge in [-0.15, -0.1) is 0 Å². The normalized spacial score (nSPS) is 18.2. The molecule has 1 fully saturated rings. The fourth-order valence-corrected chi connectivity index (χ4v) is 2.61. The monoisotopic (exact) mass is 268 g/mol. The first-order valence-corrected chi connectivity index (χ1v) is 7.25. The number of nitrogens with zero attached hydrogens (tertiary/aromatic N) is 2. The maximum Gasteiger partial charge on any atom is 0.119 e. The SMILES string of the molecule is CCc1ccc(O[C@@H]2CCN(c3ccncc3)C2)cc1. The van der Waals surface area contributed by atoms with Crippen molar-refractivity contribution in [2.75, 3.05) is 18.0 Å². The summed E-state index contributed by atoms with van der Waals surface area (Å²) < 4.78 is 6.07.